The maximum Gasteiger partial charge on any atom is 0.264 e. The molecule has 0 saturated carbocycles. The molecule has 0 aliphatic carbocycles. The summed E-state index contributed by atoms with van der Waals surface area (Å²) in [5.41, 5.74) is 1.90. The summed E-state index contributed by atoms with van der Waals surface area (Å²) < 4.78 is 21.5. The highest BCUT2D eigenvalue weighted by Crippen LogP contribution is 2.16. The quantitative estimate of drug-likeness (QED) is 0.558. The van der Waals surface area contributed by atoms with Gasteiger partial charge in [0.1, 0.15) is 22.8 Å². The van der Waals surface area contributed by atoms with Crippen LogP contribution < -0.4 is 10.3 Å². The molecule has 0 unspecified atom stereocenters. The van der Waals surface area contributed by atoms with Crippen LogP contribution in [0.2, 0.25) is 0 Å². The first-order valence-electron chi connectivity index (χ1n) is 8.41. The highest BCUT2D eigenvalue weighted by molar-refractivity contribution is 5.75. The summed E-state index contributed by atoms with van der Waals surface area (Å²) >= 11 is 0. The maximum atomic E-state index is 13.2. The second-order valence-electron chi connectivity index (χ2n) is 6.17. The van der Waals surface area contributed by atoms with E-state index in [4.69, 9.17) is 4.74 Å². The number of aromatic nitrogens is 4. The van der Waals surface area contributed by atoms with Crippen LogP contribution in [0.4, 0.5) is 4.39 Å². The number of fused-ring (bicyclic) bond motifs is 1. The zero-order chi connectivity index (χ0) is 19.0. The molecule has 0 amide bonds. The Morgan fingerprint density at radius 1 is 1.07 bits per heavy atom. The van der Waals surface area contributed by atoms with Crippen molar-refractivity contribution in [1.82, 2.24) is 19.3 Å². The van der Waals surface area contributed by atoms with E-state index in [1.165, 1.54) is 18.3 Å². The second-order valence-corrected chi connectivity index (χ2v) is 6.17. The molecule has 2 aromatic heterocycles. The van der Waals surface area contributed by atoms with Crippen molar-refractivity contribution >= 4 is 11.0 Å². The van der Waals surface area contributed by atoms with Gasteiger partial charge in [-0.15, -0.1) is 0 Å². The van der Waals surface area contributed by atoms with Gasteiger partial charge in [-0.3, -0.25) is 9.36 Å². The molecular weight excluding hydrogens is 347 g/mol. The van der Waals surface area contributed by atoms with Crippen LogP contribution in [-0.2, 0) is 6.54 Å². The van der Waals surface area contributed by atoms with Gasteiger partial charge in [-0.2, -0.15) is 5.10 Å². The van der Waals surface area contributed by atoms with Crippen LogP contribution in [0.1, 0.15) is 11.4 Å². The third-order valence-electron chi connectivity index (χ3n) is 4.45. The minimum atomic E-state index is -0.332. The van der Waals surface area contributed by atoms with E-state index in [-0.39, 0.29) is 11.4 Å². The highest BCUT2D eigenvalue weighted by Gasteiger charge is 2.14. The largest absolute Gasteiger partial charge is 0.497 e. The van der Waals surface area contributed by atoms with Gasteiger partial charge in [0.2, 0.25) is 0 Å². The minimum Gasteiger partial charge on any atom is -0.497 e. The molecule has 0 saturated heterocycles. The van der Waals surface area contributed by atoms with Gasteiger partial charge in [-0.1, -0.05) is 12.1 Å². The Morgan fingerprint density at radius 2 is 1.78 bits per heavy atom. The molecule has 136 valence electrons. The Morgan fingerprint density at radius 3 is 2.44 bits per heavy atom. The Balaban J connectivity index is 1.77. The zero-order valence-electron chi connectivity index (χ0n) is 14.9. The van der Waals surface area contributed by atoms with Crippen molar-refractivity contribution in [3.05, 3.63) is 82.3 Å². The van der Waals surface area contributed by atoms with Crippen molar-refractivity contribution in [2.24, 2.45) is 0 Å². The van der Waals surface area contributed by atoms with Crippen LogP contribution in [0.25, 0.3) is 16.7 Å². The average Bonchev–Trinajstić information content (AvgIpc) is 3.10. The number of halogens is 1. The van der Waals surface area contributed by atoms with Gasteiger partial charge >= 0.3 is 0 Å². The Bertz CT molecular complexity index is 1160. The first kappa shape index (κ1) is 17.0. The van der Waals surface area contributed by atoms with Crippen LogP contribution >= 0.6 is 0 Å². The molecule has 0 N–H and O–H groups in total. The van der Waals surface area contributed by atoms with E-state index in [2.05, 4.69) is 10.1 Å². The summed E-state index contributed by atoms with van der Waals surface area (Å²) in [6, 6.07) is 13.4. The predicted octanol–water partition coefficient (Wildman–Crippen LogP) is 3.09. The minimum absolute atomic E-state index is 0.165. The van der Waals surface area contributed by atoms with Gasteiger partial charge in [0, 0.05) is 0 Å². The van der Waals surface area contributed by atoms with Gasteiger partial charge in [-0.05, 0) is 48.9 Å². The van der Waals surface area contributed by atoms with Crippen molar-refractivity contribution in [2.75, 3.05) is 7.11 Å². The molecule has 0 atom stereocenters. The number of rotatable bonds is 4. The van der Waals surface area contributed by atoms with Crippen LogP contribution in [-0.4, -0.2) is 26.4 Å². The lowest BCUT2D eigenvalue weighted by atomic mass is 10.2. The molecule has 4 aromatic rings. The molecule has 0 bridgehead atoms. The number of methoxy groups -OCH3 is 1. The van der Waals surface area contributed by atoms with Gasteiger partial charge in [0.25, 0.3) is 5.56 Å². The summed E-state index contributed by atoms with van der Waals surface area (Å²) in [7, 11) is 1.61. The fourth-order valence-corrected chi connectivity index (χ4v) is 2.98. The smallest absolute Gasteiger partial charge is 0.264 e. The molecule has 4 rings (SSSR count). The first-order chi connectivity index (χ1) is 13.1. The van der Waals surface area contributed by atoms with Crippen molar-refractivity contribution in [3.8, 4) is 11.4 Å². The second kappa shape index (κ2) is 6.68. The molecule has 6 nitrogen and oxygen atoms in total. The van der Waals surface area contributed by atoms with E-state index in [1.54, 1.807) is 35.4 Å². The molecule has 2 aromatic carbocycles. The van der Waals surface area contributed by atoms with Crippen molar-refractivity contribution < 1.29 is 9.13 Å². The average molecular weight is 364 g/mol. The normalized spacial score (nSPS) is 11.1. The van der Waals surface area contributed by atoms with Crippen molar-refractivity contribution in [1.29, 1.82) is 0 Å². The van der Waals surface area contributed by atoms with E-state index in [1.807, 2.05) is 24.3 Å². The maximum absolute atomic E-state index is 13.2. The summed E-state index contributed by atoms with van der Waals surface area (Å²) in [5.74, 6) is 1.00. The van der Waals surface area contributed by atoms with Crippen molar-refractivity contribution in [2.45, 2.75) is 13.5 Å². The third kappa shape index (κ3) is 3.08. The lowest BCUT2D eigenvalue weighted by molar-refractivity contribution is 0.414. The Kier molecular flexibility index (Phi) is 4.19. The van der Waals surface area contributed by atoms with E-state index in [0.29, 0.717) is 29.1 Å². The standard InChI is InChI=1S/C20H17FN4O2/c1-13-23-19-18(11-22-25(19)16-7-5-15(21)6-8-16)20(26)24(13)12-14-3-9-17(27-2)10-4-14/h3-11H,12H2,1-2H3. The zero-order valence-corrected chi connectivity index (χ0v) is 14.9. The number of nitrogens with zero attached hydrogens (tertiary/aromatic N) is 4. The van der Waals surface area contributed by atoms with E-state index in [0.717, 1.165) is 11.3 Å². The molecule has 0 spiro atoms. The summed E-state index contributed by atoms with van der Waals surface area (Å²) in [4.78, 5) is 17.5. The van der Waals surface area contributed by atoms with Gasteiger partial charge in [0.15, 0.2) is 5.65 Å². The van der Waals surface area contributed by atoms with Gasteiger partial charge < -0.3 is 4.74 Å². The molecular formula is C20H17FN4O2. The fraction of sp³-hybridized carbons (Fsp3) is 0.150. The van der Waals surface area contributed by atoms with Gasteiger partial charge in [-0.25, -0.2) is 14.1 Å². The highest BCUT2D eigenvalue weighted by atomic mass is 19.1. The molecule has 27 heavy (non-hydrogen) atoms. The fourth-order valence-electron chi connectivity index (χ4n) is 2.98. The third-order valence-corrected chi connectivity index (χ3v) is 4.45. The number of hydrogen-bond acceptors (Lipinski definition) is 4. The number of hydrogen-bond donors (Lipinski definition) is 0. The monoisotopic (exact) mass is 364 g/mol. The number of benzene rings is 2. The van der Waals surface area contributed by atoms with Crippen LogP contribution in [0.15, 0.2) is 59.5 Å². The molecule has 0 fully saturated rings. The SMILES string of the molecule is COc1ccc(Cn2c(C)nc3c(cnn3-c3ccc(F)cc3)c2=O)cc1. The van der Waals surface area contributed by atoms with Crippen LogP contribution in [0.5, 0.6) is 5.75 Å². The van der Waals surface area contributed by atoms with E-state index >= 15 is 0 Å². The number of aryl methyl sites for hydroxylation is 1. The molecule has 7 heteroatoms. The molecule has 2 heterocycles. The summed E-state index contributed by atoms with van der Waals surface area (Å²) in [6.45, 7) is 2.19. The Hall–Kier alpha value is -3.48. The predicted molar refractivity (Wildman–Crippen MR) is 99.9 cm³/mol. The van der Waals surface area contributed by atoms with Crippen LogP contribution in [0, 0.1) is 12.7 Å². The molecule has 0 aliphatic heterocycles. The lowest BCUT2D eigenvalue weighted by Gasteiger charge is -2.11. The summed E-state index contributed by atoms with van der Waals surface area (Å²) in [6.07, 6.45) is 1.50. The van der Waals surface area contributed by atoms with E-state index < -0.39 is 0 Å². The van der Waals surface area contributed by atoms with Crippen molar-refractivity contribution in [3.63, 3.8) is 0 Å². The van der Waals surface area contributed by atoms with E-state index in [9.17, 15) is 9.18 Å². The van der Waals surface area contributed by atoms with Crippen LogP contribution in [0.3, 0.4) is 0 Å². The molecule has 0 aliphatic rings. The Labute approximate surface area is 154 Å². The summed E-state index contributed by atoms with van der Waals surface area (Å²) in [5, 5.41) is 4.69. The van der Waals surface area contributed by atoms with Gasteiger partial charge in [0.05, 0.1) is 25.5 Å². The molecule has 0 radical (unpaired) electrons. The first-order valence-corrected chi connectivity index (χ1v) is 8.41. The number of ether oxygens (including phenoxy) is 1. The topological polar surface area (TPSA) is 61.9 Å². The lowest BCUT2D eigenvalue weighted by Crippen LogP contribution is -2.24.